The molecule has 0 aliphatic heterocycles. The van der Waals surface area contributed by atoms with Gasteiger partial charge in [0.05, 0.1) is 5.56 Å². The smallest absolute Gasteiger partial charge is 0.252 e. The molecule has 2 amide bonds. The molecule has 7 nitrogen and oxygen atoms in total. The summed E-state index contributed by atoms with van der Waals surface area (Å²) >= 11 is 3.17. The average molecular weight is 356 g/mol. The SMILES string of the molecule is O=C(CCNC(=O)c1cc(F)ccc1Br)Nc1ncn[nH]1. The first-order valence-electron chi connectivity index (χ1n) is 5.94. The number of carbonyl (C=O) groups excluding carboxylic acids is 2. The fourth-order valence-electron chi connectivity index (χ4n) is 1.52. The Bertz CT molecular complexity index is 647. The van der Waals surface area contributed by atoms with Crippen molar-refractivity contribution in [1.29, 1.82) is 0 Å². The van der Waals surface area contributed by atoms with E-state index in [2.05, 4.69) is 41.7 Å². The minimum absolute atomic E-state index is 0.0549. The summed E-state index contributed by atoms with van der Waals surface area (Å²) in [6, 6.07) is 3.81. The predicted octanol–water partition coefficient (Wildman–Crippen LogP) is 1.46. The van der Waals surface area contributed by atoms with E-state index in [0.717, 1.165) is 6.07 Å². The molecule has 9 heteroatoms. The number of halogens is 2. The molecule has 3 N–H and O–H groups in total. The lowest BCUT2D eigenvalue weighted by molar-refractivity contribution is -0.116. The van der Waals surface area contributed by atoms with E-state index < -0.39 is 11.7 Å². The molecule has 0 spiro atoms. The summed E-state index contributed by atoms with van der Waals surface area (Å²) in [7, 11) is 0. The van der Waals surface area contributed by atoms with Crippen LogP contribution in [0.4, 0.5) is 10.3 Å². The molecule has 0 saturated heterocycles. The van der Waals surface area contributed by atoms with Gasteiger partial charge in [0.15, 0.2) is 0 Å². The zero-order valence-electron chi connectivity index (χ0n) is 10.7. The van der Waals surface area contributed by atoms with Gasteiger partial charge in [-0.05, 0) is 34.1 Å². The number of rotatable bonds is 5. The van der Waals surface area contributed by atoms with Crippen molar-refractivity contribution in [2.75, 3.05) is 11.9 Å². The highest BCUT2D eigenvalue weighted by molar-refractivity contribution is 9.10. The van der Waals surface area contributed by atoms with Crippen molar-refractivity contribution in [2.24, 2.45) is 0 Å². The van der Waals surface area contributed by atoms with E-state index >= 15 is 0 Å². The Morgan fingerprint density at radius 1 is 1.38 bits per heavy atom. The summed E-state index contributed by atoms with van der Waals surface area (Å²) in [5.74, 6) is -1.06. The van der Waals surface area contributed by atoms with Crippen LogP contribution >= 0.6 is 15.9 Å². The van der Waals surface area contributed by atoms with E-state index in [1.165, 1.54) is 18.5 Å². The average Bonchev–Trinajstić information content (AvgIpc) is 2.94. The van der Waals surface area contributed by atoms with Crippen LogP contribution in [0.3, 0.4) is 0 Å². The molecule has 1 aromatic heterocycles. The van der Waals surface area contributed by atoms with Gasteiger partial charge in [0.1, 0.15) is 12.1 Å². The van der Waals surface area contributed by atoms with Crippen LogP contribution in [0.5, 0.6) is 0 Å². The van der Waals surface area contributed by atoms with Crippen molar-refractivity contribution < 1.29 is 14.0 Å². The van der Waals surface area contributed by atoms with Crippen molar-refractivity contribution in [2.45, 2.75) is 6.42 Å². The molecule has 0 radical (unpaired) electrons. The van der Waals surface area contributed by atoms with E-state index in [1.807, 2.05) is 0 Å². The van der Waals surface area contributed by atoms with Gasteiger partial charge in [0, 0.05) is 17.4 Å². The highest BCUT2D eigenvalue weighted by atomic mass is 79.9. The van der Waals surface area contributed by atoms with E-state index in [1.54, 1.807) is 0 Å². The number of hydrogen-bond acceptors (Lipinski definition) is 4. The largest absolute Gasteiger partial charge is 0.351 e. The number of nitrogens with zero attached hydrogens (tertiary/aromatic N) is 2. The Kier molecular flexibility index (Phi) is 4.99. The predicted molar refractivity (Wildman–Crippen MR) is 76.1 cm³/mol. The van der Waals surface area contributed by atoms with Crippen molar-refractivity contribution in [1.82, 2.24) is 20.5 Å². The summed E-state index contributed by atoms with van der Waals surface area (Å²) in [6.45, 7) is 0.113. The Balaban J connectivity index is 1.81. The van der Waals surface area contributed by atoms with E-state index in [4.69, 9.17) is 0 Å². The van der Waals surface area contributed by atoms with Crippen LogP contribution in [0, 0.1) is 5.82 Å². The van der Waals surface area contributed by atoms with Gasteiger partial charge in [-0.3, -0.25) is 14.9 Å². The maximum atomic E-state index is 13.1. The first-order chi connectivity index (χ1) is 10.1. The van der Waals surface area contributed by atoms with Crippen molar-refractivity contribution in [3.63, 3.8) is 0 Å². The highest BCUT2D eigenvalue weighted by Gasteiger charge is 2.11. The standard InChI is InChI=1S/C12H11BrFN5O2/c13-9-2-1-7(14)5-8(9)11(21)15-4-3-10(20)18-12-16-6-17-19-12/h1-2,5-6H,3-4H2,(H,15,21)(H2,16,17,18,19,20). The molecule has 0 fully saturated rings. The number of aromatic amines is 1. The minimum atomic E-state index is -0.508. The topological polar surface area (TPSA) is 99.8 Å². The molecular formula is C12H11BrFN5O2. The first kappa shape index (κ1) is 15.1. The van der Waals surface area contributed by atoms with E-state index in [0.29, 0.717) is 4.47 Å². The lowest BCUT2D eigenvalue weighted by atomic mass is 10.2. The lowest BCUT2D eigenvalue weighted by Gasteiger charge is -2.07. The molecule has 21 heavy (non-hydrogen) atoms. The minimum Gasteiger partial charge on any atom is -0.351 e. The summed E-state index contributed by atoms with van der Waals surface area (Å²) in [6.07, 6.45) is 1.32. The Hall–Kier alpha value is -2.29. The molecule has 1 heterocycles. The van der Waals surface area contributed by atoms with Gasteiger partial charge in [-0.1, -0.05) is 0 Å². The van der Waals surface area contributed by atoms with E-state index in [9.17, 15) is 14.0 Å². The second-order valence-corrected chi connectivity index (χ2v) is 4.87. The molecule has 110 valence electrons. The number of anilines is 1. The summed E-state index contributed by atoms with van der Waals surface area (Å²) in [5, 5.41) is 11.1. The maximum Gasteiger partial charge on any atom is 0.252 e. The van der Waals surface area contributed by atoms with Crippen LogP contribution in [-0.2, 0) is 4.79 Å². The van der Waals surface area contributed by atoms with Gasteiger partial charge in [-0.25, -0.2) is 9.49 Å². The normalized spacial score (nSPS) is 10.2. The van der Waals surface area contributed by atoms with Crippen molar-refractivity contribution in [3.8, 4) is 0 Å². The van der Waals surface area contributed by atoms with Crippen LogP contribution in [0.15, 0.2) is 29.0 Å². The fourth-order valence-corrected chi connectivity index (χ4v) is 1.94. The molecule has 0 unspecified atom stereocenters. The second kappa shape index (κ2) is 6.93. The molecular weight excluding hydrogens is 345 g/mol. The Labute approximate surface area is 127 Å². The quantitative estimate of drug-likeness (QED) is 0.755. The second-order valence-electron chi connectivity index (χ2n) is 4.01. The van der Waals surface area contributed by atoms with Gasteiger partial charge in [-0.15, -0.1) is 0 Å². The van der Waals surface area contributed by atoms with Crippen LogP contribution in [-0.4, -0.2) is 33.5 Å². The lowest BCUT2D eigenvalue weighted by Crippen LogP contribution is -2.28. The summed E-state index contributed by atoms with van der Waals surface area (Å²) in [4.78, 5) is 27.1. The summed E-state index contributed by atoms with van der Waals surface area (Å²) in [5.41, 5.74) is 0.172. The van der Waals surface area contributed by atoms with Crippen LogP contribution < -0.4 is 10.6 Å². The monoisotopic (exact) mass is 355 g/mol. The van der Waals surface area contributed by atoms with Gasteiger partial charge >= 0.3 is 0 Å². The molecule has 0 aliphatic carbocycles. The van der Waals surface area contributed by atoms with Gasteiger partial charge < -0.3 is 5.32 Å². The third-order valence-corrected chi connectivity index (χ3v) is 3.17. The van der Waals surface area contributed by atoms with Gasteiger partial charge in [-0.2, -0.15) is 10.1 Å². The number of benzene rings is 1. The molecule has 0 bridgehead atoms. The third kappa shape index (κ3) is 4.35. The van der Waals surface area contributed by atoms with E-state index in [-0.39, 0.29) is 30.4 Å². The van der Waals surface area contributed by atoms with Crippen LogP contribution in [0.25, 0.3) is 0 Å². The van der Waals surface area contributed by atoms with Gasteiger partial charge in [0.25, 0.3) is 5.91 Å². The number of carbonyl (C=O) groups is 2. The maximum absolute atomic E-state index is 13.1. The summed E-state index contributed by atoms with van der Waals surface area (Å²) < 4.78 is 13.6. The number of amides is 2. The number of nitrogens with one attached hydrogen (secondary N) is 3. The van der Waals surface area contributed by atoms with Crippen molar-refractivity contribution in [3.05, 3.63) is 40.4 Å². The Morgan fingerprint density at radius 3 is 2.90 bits per heavy atom. The molecule has 1 aromatic carbocycles. The van der Waals surface area contributed by atoms with Gasteiger partial charge in [0.2, 0.25) is 11.9 Å². The van der Waals surface area contributed by atoms with Crippen LogP contribution in [0.1, 0.15) is 16.8 Å². The first-order valence-corrected chi connectivity index (χ1v) is 6.74. The zero-order chi connectivity index (χ0) is 15.2. The Morgan fingerprint density at radius 2 is 2.19 bits per heavy atom. The third-order valence-electron chi connectivity index (χ3n) is 2.48. The molecule has 0 aliphatic rings. The number of aromatic nitrogens is 3. The molecule has 2 aromatic rings. The molecule has 2 rings (SSSR count). The molecule has 0 atom stereocenters. The van der Waals surface area contributed by atoms with Crippen LogP contribution in [0.2, 0.25) is 0 Å². The fraction of sp³-hybridized carbons (Fsp3) is 0.167. The highest BCUT2D eigenvalue weighted by Crippen LogP contribution is 2.17. The number of hydrogen-bond donors (Lipinski definition) is 3. The number of H-pyrrole nitrogens is 1. The molecule has 0 saturated carbocycles. The van der Waals surface area contributed by atoms with Crippen molar-refractivity contribution >= 4 is 33.7 Å². The zero-order valence-corrected chi connectivity index (χ0v) is 12.3.